The summed E-state index contributed by atoms with van der Waals surface area (Å²) in [6, 6.07) is 21.3. The lowest BCUT2D eigenvalue weighted by Gasteiger charge is -2.33. The standard InChI is InChI=1S/C32H37NO3/c1-5-6-7-8-9-14-30-28-13-11-10-12-27(28)29-22-32(36-4)31(35-3)21-25(29)19-20-33(30)23-24-15-17-26(34-2)18-16-24/h10-13,15-18,21-22,30H,5-8,19-20,23H2,1-4H3. The van der Waals surface area contributed by atoms with E-state index in [0.29, 0.717) is 0 Å². The van der Waals surface area contributed by atoms with Crippen LogP contribution in [0.2, 0.25) is 0 Å². The highest BCUT2D eigenvalue weighted by atomic mass is 16.5. The quantitative estimate of drug-likeness (QED) is 0.253. The van der Waals surface area contributed by atoms with Crippen molar-refractivity contribution in [2.45, 2.75) is 51.6 Å². The normalized spacial score (nSPS) is 14.9. The van der Waals surface area contributed by atoms with Gasteiger partial charge in [0.1, 0.15) is 5.75 Å². The number of nitrogens with zero attached hydrogens (tertiary/aromatic N) is 1. The molecule has 0 aromatic heterocycles. The topological polar surface area (TPSA) is 30.9 Å². The summed E-state index contributed by atoms with van der Waals surface area (Å²) in [6.45, 7) is 3.93. The predicted octanol–water partition coefficient (Wildman–Crippen LogP) is 7.06. The molecule has 1 unspecified atom stereocenters. The van der Waals surface area contributed by atoms with E-state index >= 15 is 0 Å². The monoisotopic (exact) mass is 483 g/mol. The van der Waals surface area contributed by atoms with E-state index in [1.165, 1.54) is 40.7 Å². The van der Waals surface area contributed by atoms with Crippen LogP contribution in [0.4, 0.5) is 0 Å². The molecular formula is C32H37NO3. The van der Waals surface area contributed by atoms with Crippen LogP contribution in [0.15, 0.2) is 60.7 Å². The largest absolute Gasteiger partial charge is 0.497 e. The zero-order chi connectivity index (χ0) is 25.3. The van der Waals surface area contributed by atoms with Crippen molar-refractivity contribution in [2.24, 2.45) is 0 Å². The fraction of sp³-hybridized carbons (Fsp3) is 0.375. The molecule has 1 atom stereocenters. The van der Waals surface area contributed by atoms with Gasteiger partial charge in [-0.15, -0.1) is 5.92 Å². The van der Waals surface area contributed by atoms with Gasteiger partial charge in [-0.25, -0.2) is 0 Å². The maximum atomic E-state index is 5.66. The van der Waals surface area contributed by atoms with Crippen LogP contribution < -0.4 is 14.2 Å². The second-order valence-electron chi connectivity index (χ2n) is 9.20. The molecule has 0 N–H and O–H groups in total. The van der Waals surface area contributed by atoms with E-state index < -0.39 is 0 Å². The van der Waals surface area contributed by atoms with Gasteiger partial charge in [-0.3, -0.25) is 4.90 Å². The van der Waals surface area contributed by atoms with E-state index in [2.05, 4.69) is 72.2 Å². The van der Waals surface area contributed by atoms with Gasteiger partial charge < -0.3 is 14.2 Å². The lowest BCUT2D eigenvalue weighted by molar-refractivity contribution is 0.230. The molecule has 0 bridgehead atoms. The SMILES string of the molecule is CCCCCC#CC1c2ccccc2-c2cc(OC)c(OC)cc2CCN1Cc1ccc(OC)cc1. The van der Waals surface area contributed by atoms with Crippen molar-refractivity contribution in [3.8, 4) is 40.2 Å². The number of benzene rings is 3. The fourth-order valence-corrected chi connectivity index (χ4v) is 4.89. The lowest BCUT2D eigenvalue weighted by Crippen LogP contribution is -2.31. The van der Waals surface area contributed by atoms with Crippen LogP contribution in [0.3, 0.4) is 0 Å². The summed E-state index contributed by atoms with van der Waals surface area (Å²) >= 11 is 0. The van der Waals surface area contributed by atoms with Crippen LogP contribution in [-0.4, -0.2) is 32.8 Å². The zero-order valence-corrected chi connectivity index (χ0v) is 22.0. The molecule has 3 aromatic rings. The van der Waals surface area contributed by atoms with Gasteiger partial charge in [0, 0.05) is 19.5 Å². The summed E-state index contributed by atoms with van der Waals surface area (Å²) in [4.78, 5) is 2.51. The average molecular weight is 484 g/mol. The Morgan fingerprint density at radius 3 is 2.33 bits per heavy atom. The van der Waals surface area contributed by atoms with Crippen molar-refractivity contribution in [1.29, 1.82) is 0 Å². The second kappa shape index (κ2) is 12.5. The molecule has 4 rings (SSSR count). The van der Waals surface area contributed by atoms with Crippen molar-refractivity contribution >= 4 is 0 Å². The molecule has 0 fully saturated rings. The molecule has 0 amide bonds. The minimum absolute atomic E-state index is 0.00572. The van der Waals surface area contributed by atoms with Gasteiger partial charge in [0.25, 0.3) is 0 Å². The third kappa shape index (κ3) is 5.86. The predicted molar refractivity (Wildman–Crippen MR) is 147 cm³/mol. The van der Waals surface area contributed by atoms with E-state index in [0.717, 1.165) is 49.6 Å². The van der Waals surface area contributed by atoms with Crippen molar-refractivity contribution in [3.63, 3.8) is 0 Å². The van der Waals surface area contributed by atoms with E-state index in [9.17, 15) is 0 Å². The highest BCUT2D eigenvalue weighted by Gasteiger charge is 2.26. The highest BCUT2D eigenvalue weighted by molar-refractivity contribution is 5.75. The Balaban J connectivity index is 1.78. The molecule has 3 aromatic carbocycles. The van der Waals surface area contributed by atoms with Crippen LogP contribution in [0, 0.1) is 11.8 Å². The zero-order valence-electron chi connectivity index (χ0n) is 22.0. The number of hydrogen-bond donors (Lipinski definition) is 0. The Morgan fingerprint density at radius 1 is 0.861 bits per heavy atom. The first-order chi connectivity index (χ1) is 17.7. The van der Waals surface area contributed by atoms with Crippen LogP contribution in [0.1, 0.15) is 55.3 Å². The van der Waals surface area contributed by atoms with Crippen LogP contribution in [0.5, 0.6) is 17.2 Å². The number of rotatable bonds is 8. The van der Waals surface area contributed by atoms with Crippen LogP contribution in [0.25, 0.3) is 11.1 Å². The Hall–Kier alpha value is -3.42. The molecule has 36 heavy (non-hydrogen) atoms. The Morgan fingerprint density at radius 2 is 1.61 bits per heavy atom. The Bertz CT molecular complexity index is 1210. The molecule has 4 heteroatoms. The van der Waals surface area contributed by atoms with Crippen molar-refractivity contribution < 1.29 is 14.2 Å². The summed E-state index contributed by atoms with van der Waals surface area (Å²) in [5, 5.41) is 0. The van der Waals surface area contributed by atoms with Gasteiger partial charge in [0.05, 0.1) is 27.4 Å². The van der Waals surface area contributed by atoms with Gasteiger partial charge in [0.15, 0.2) is 11.5 Å². The van der Waals surface area contributed by atoms with Crippen molar-refractivity contribution in [3.05, 3.63) is 77.4 Å². The molecule has 1 heterocycles. The molecule has 0 saturated carbocycles. The lowest BCUT2D eigenvalue weighted by atomic mass is 9.87. The number of unbranched alkanes of at least 4 members (excludes halogenated alkanes) is 3. The molecule has 4 nitrogen and oxygen atoms in total. The average Bonchev–Trinajstić information content (AvgIpc) is 2.92. The summed E-state index contributed by atoms with van der Waals surface area (Å²) in [7, 11) is 5.09. The van der Waals surface area contributed by atoms with Crippen molar-refractivity contribution in [2.75, 3.05) is 27.9 Å². The third-order valence-electron chi connectivity index (χ3n) is 6.88. The molecule has 0 spiro atoms. The smallest absolute Gasteiger partial charge is 0.161 e. The van der Waals surface area contributed by atoms with E-state index in [1.54, 1.807) is 21.3 Å². The third-order valence-corrected chi connectivity index (χ3v) is 6.88. The first-order valence-electron chi connectivity index (χ1n) is 12.9. The van der Waals surface area contributed by atoms with E-state index in [4.69, 9.17) is 14.2 Å². The second-order valence-corrected chi connectivity index (χ2v) is 9.20. The Kier molecular flexibility index (Phi) is 8.92. The van der Waals surface area contributed by atoms with Gasteiger partial charge in [-0.2, -0.15) is 0 Å². The molecule has 1 aliphatic heterocycles. The summed E-state index contributed by atoms with van der Waals surface area (Å²) < 4.78 is 16.7. The number of ether oxygens (including phenoxy) is 3. The molecule has 0 aliphatic carbocycles. The molecular weight excluding hydrogens is 446 g/mol. The van der Waals surface area contributed by atoms with Gasteiger partial charge in [-0.05, 0) is 64.9 Å². The van der Waals surface area contributed by atoms with E-state index in [1.807, 2.05) is 12.1 Å². The number of fused-ring (bicyclic) bond motifs is 3. The van der Waals surface area contributed by atoms with E-state index in [-0.39, 0.29) is 6.04 Å². The minimum atomic E-state index is 0.00572. The van der Waals surface area contributed by atoms with Crippen LogP contribution in [-0.2, 0) is 13.0 Å². The fourth-order valence-electron chi connectivity index (χ4n) is 4.89. The van der Waals surface area contributed by atoms with Gasteiger partial charge in [0.2, 0.25) is 0 Å². The first kappa shape index (κ1) is 25.7. The minimum Gasteiger partial charge on any atom is -0.497 e. The van der Waals surface area contributed by atoms with Crippen LogP contribution >= 0.6 is 0 Å². The number of hydrogen-bond acceptors (Lipinski definition) is 4. The highest BCUT2D eigenvalue weighted by Crippen LogP contribution is 2.41. The summed E-state index contributed by atoms with van der Waals surface area (Å²) in [5.74, 6) is 9.59. The first-order valence-corrected chi connectivity index (χ1v) is 12.9. The number of methoxy groups -OCH3 is 3. The Labute approximate surface area is 216 Å². The molecule has 0 saturated heterocycles. The summed E-state index contributed by atoms with van der Waals surface area (Å²) in [5.41, 5.74) is 6.15. The molecule has 1 aliphatic rings. The summed E-state index contributed by atoms with van der Waals surface area (Å²) in [6.07, 6.45) is 5.41. The van der Waals surface area contributed by atoms with Gasteiger partial charge in [-0.1, -0.05) is 62.1 Å². The van der Waals surface area contributed by atoms with Gasteiger partial charge >= 0.3 is 0 Å². The van der Waals surface area contributed by atoms with Crippen molar-refractivity contribution in [1.82, 2.24) is 4.90 Å². The maximum Gasteiger partial charge on any atom is 0.161 e. The maximum absolute atomic E-state index is 5.66. The molecule has 0 radical (unpaired) electrons. The molecule has 188 valence electrons.